The molecule has 4 aliphatic rings. The summed E-state index contributed by atoms with van der Waals surface area (Å²) in [7, 11) is 0. The fourth-order valence-corrected chi connectivity index (χ4v) is 18.4. The van der Waals surface area contributed by atoms with E-state index >= 15 is 0 Å². The molecule has 0 saturated heterocycles. The van der Waals surface area contributed by atoms with E-state index in [1.165, 1.54) is 64.7 Å². The first kappa shape index (κ1) is 60.6. The molecule has 6 heterocycles. The number of fused-ring (bicyclic) bond motifs is 21. The molecule has 10 heteroatoms. The van der Waals surface area contributed by atoms with E-state index in [9.17, 15) is 0 Å². The van der Waals surface area contributed by atoms with E-state index in [0.29, 0.717) is 40.6 Å². The van der Waals surface area contributed by atoms with Crippen LogP contribution in [0.5, 0.6) is 23.0 Å². The average molecular weight is 1380 g/mol. The van der Waals surface area contributed by atoms with Gasteiger partial charge < -0.3 is 9.47 Å². The number of thiophene rings is 1. The molecular formula is C97H57N7O2S. The maximum atomic E-state index is 7.36. The quantitative estimate of drug-likeness (QED) is 0.140. The Balaban J connectivity index is 0.632. The molecule has 18 aromatic rings. The van der Waals surface area contributed by atoms with E-state index in [4.69, 9.17) is 39.4 Å². The number of benzene rings is 14. The van der Waals surface area contributed by atoms with Gasteiger partial charge in [0.25, 0.3) is 0 Å². The largest absolute Gasteiger partial charge is 0.457 e. The highest BCUT2D eigenvalue weighted by molar-refractivity contribution is 7.25. The fraction of sp³-hybridized carbons (Fsp3) is 0.0206. The smallest absolute Gasteiger partial charge is 0.182 e. The van der Waals surface area contributed by atoms with E-state index in [-0.39, 0.29) is 0 Å². The summed E-state index contributed by atoms with van der Waals surface area (Å²) < 4.78 is 16.7. The van der Waals surface area contributed by atoms with E-state index < -0.39 is 10.8 Å². The van der Waals surface area contributed by atoms with Crippen LogP contribution in [0.25, 0.3) is 144 Å². The number of hydrogen-bond acceptors (Lipinski definition) is 10. The molecule has 0 saturated carbocycles. The Morgan fingerprint density at radius 1 is 0.215 bits per heavy atom. The number of hydrogen-bond donors (Lipinski definition) is 0. The van der Waals surface area contributed by atoms with Crippen LogP contribution in [-0.4, -0.2) is 34.9 Å². The van der Waals surface area contributed by atoms with Gasteiger partial charge in [0.15, 0.2) is 34.9 Å². The Labute approximate surface area is 620 Å². The highest BCUT2D eigenvalue weighted by Crippen LogP contribution is 2.64. The third-order valence-corrected chi connectivity index (χ3v) is 23.2. The van der Waals surface area contributed by atoms with Crippen molar-refractivity contribution >= 4 is 31.5 Å². The third-order valence-electron chi connectivity index (χ3n) is 22.0. The van der Waals surface area contributed by atoms with Crippen LogP contribution in [-0.2, 0) is 10.8 Å². The van der Waals surface area contributed by atoms with E-state index in [0.717, 1.165) is 106 Å². The zero-order chi connectivity index (χ0) is 70.3. The lowest BCUT2D eigenvalue weighted by molar-refractivity contribution is 0.436. The van der Waals surface area contributed by atoms with Crippen LogP contribution in [0.3, 0.4) is 0 Å². The Morgan fingerprint density at radius 3 is 1.10 bits per heavy atom. The minimum Gasteiger partial charge on any atom is -0.457 e. The molecule has 498 valence electrons. The van der Waals surface area contributed by atoms with Gasteiger partial charge in [-0.05, 0) is 132 Å². The average Bonchev–Trinajstić information content (AvgIpc) is 1.56. The van der Waals surface area contributed by atoms with E-state index in [1.54, 1.807) is 17.5 Å². The lowest BCUT2D eigenvalue weighted by Crippen LogP contribution is -2.32. The van der Waals surface area contributed by atoms with Gasteiger partial charge in [0.2, 0.25) is 0 Å². The van der Waals surface area contributed by atoms with Crippen LogP contribution in [0.4, 0.5) is 0 Å². The minimum absolute atomic E-state index is 0.509. The SMILES string of the molecule is c1ccc(-c2nc(-c3ccc(-c4ccc5c(c4)Oc4cc(-c6cccc(-c7nc(-c8ccc(-c9ccc%10c(c9)Oc9ccccc9C%109c%10ccccc%10-c%10ccccc%109)cc8)nc(-c8ccc9c(c8)sc8ccccc89)n7)c6)ccc4C54c5ccccc5-c5ccccc54)cc3)nc(-c3ccccn3)n2)cc1. The molecule has 14 aromatic carbocycles. The van der Waals surface area contributed by atoms with Gasteiger partial charge in [-0.25, -0.2) is 29.9 Å². The van der Waals surface area contributed by atoms with Gasteiger partial charge >= 0.3 is 0 Å². The number of ether oxygens (including phenoxy) is 2. The van der Waals surface area contributed by atoms with Crippen molar-refractivity contribution in [3.8, 4) is 147 Å². The first-order valence-corrected chi connectivity index (χ1v) is 36.8. The molecule has 2 aliphatic carbocycles. The highest BCUT2D eigenvalue weighted by atomic mass is 32.1. The molecule has 22 rings (SSSR count). The first-order chi connectivity index (χ1) is 53.0. The topological polar surface area (TPSA) is 109 Å². The van der Waals surface area contributed by atoms with Crippen molar-refractivity contribution in [1.29, 1.82) is 0 Å². The molecule has 2 spiro atoms. The van der Waals surface area contributed by atoms with Crippen LogP contribution in [0.15, 0.2) is 346 Å². The molecular weight excluding hydrogens is 1330 g/mol. The van der Waals surface area contributed by atoms with Crippen LogP contribution in [0.1, 0.15) is 44.5 Å². The van der Waals surface area contributed by atoms with Crippen molar-refractivity contribution in [3.63, 3.8) is 0 Å². The molecule has 107 heavy (non-hydrogen) atoms. The summed E-state index contributed by atoms with van der Waals surface area (Å²) in [4.78, 5) is 35.6. The molecule has 0 bridgehead atoms. The van der Waals surface area contributed by atoms with Crippen LogP contribution in [0, 0.1) is 0 Å². The van der Waals surface area contributed by atoms with Crippen LogP contribution >= 0.6 is 11.3 Å². The molecule has 0 N–H and O–H groups in total. The Kier molecular flexibility index (Phi) is 13.5. The zero-order valence-corrected chi connectivity index (χ0v) is 58.1. The van der Waals surface area contributed by atoms with Crippen LogP contribution in [0.2, 0.25) is 0 Å². The van der Waals surface area contributed by atoms with Gasteiger partial charge in [0.1, 0.15) is 28.7 Å². The van der Waals surface area contributed by atoms with Gasteiger partial charge in [-0.15, -0.1) is 11.3 Å². The second-order valence-electron chi connectivity index (χ2n) is 27.8. The van der Waals surface area contributed by atoms with Gasteiger partial charge in [-0.2, -0.15) is 0 Å². The summed E-state index contributed by atoms with van der Waals surface area (Å²) in [5.41, 5.74) is 24.2. The second-order valence-corrected chi connectivity index (χ2v) is 28.8. The predicted octanol–water partition coefficient (Wildman–Crippen LogP) is 23.8. The van der Waals surface area contributed by atoms with Crippen molar-refractivity contribution in [2.75, 3.05) is 0 Å². The van der Waals surface area contributed by atoms with Gasteiger partial charge in [-0.3, -0.25) is 4.98 Å². The summed E-state index contributed by atoms with van der Waals surface area (Å²) in [6.07, 6.45) is 1.76. The third kappa shape index (κ3) is 9.39. The molecule has 0 unspecified atom stereocenters. The van der Waals surface area contributed by atoms with Crippen molar-refractivity contribution in [3.05, 3.63) is 390 Å². The molecule has 4 aromatic heterocycles. The number of aromatic nitrogens is 7. The van der Waals surface area contributed by atoms with Crippen LogP contribution < -0.4 is 9.47 Å². The second kappa shape index (κ2) is 23.8. The lowest BCUT2D eigenvalue weighted by atomic mass is 9.65. The summed E-state index contributed by atoms with van der Waals surface area (Å²) >= 11 is 1.78. The fourth-order valence-electron chi connectivity index (χ4n) is 17.2. The number of para-hydroxylation sites is 1. The number of rotatable bonds is 9. The molecule has 2 aliphatic heterocycles. The van der Waals surface area contributed by atoms with Gasteiger partial charge in [0.05, 0.1) is 10.8 Å². The summed E-state index contributed by atoms with van der Waals surface area (Å²) in [5, 5.41) is 2.45. The lowest BCUT2D eigenvalue weighted by Gasteiger charge is -2.39. The zero-order valence-electron chi connectivity index (χ0n) is 57.3. The standard InChI is InChI=1S/C97H57N7O2S/c1-2-19-60(20-3-1)90-99-92(104-95(103-90)83-33-16-17-52-98-83)62-42-38-59(39-43-62)65-46-50-81-86(55-65)106-87-56-66(47-51-82(87)97(81)77-30-11-6-25-71(77)72-26-7-12-31-78(72)97)63-21-18-22-67(53-63)93-100-91(101-94(102-93)68-44-48-74-73-27-8-15-35-88(73)107-89(74)57-68)61-40-36-58(37-41-61)64-45-49-80-85(54-64)105-84-34-14-13-32-79(84)96(80)75-28-9-4-23-69(75)70-24-5-10-29-76(70)96/h1-57H. The normalized spacial score (nSPS) is 13.3. The predicted molar refractivity (Wildman–Crippen MR) is 428 cm³/mol. The summed E-state index contributed by atoms with van der Waals surface area (Å²) in [6, 6.07) is 121. The monoisotopic (exact) mass is 1380 g/mol. The summed E-state index contributed by atoms with van der Waals surface area (Å²) in [6.45, 7) is 0. The molecule has 0 fully saturated rings. The van der Waals surface area contributed by atoms with Crippen molar-refractivity contribution in [2.45, 2.75) is 10.8 Å². The number of nitrogens with zero attached hydrogens (tertiary/aromatic N) is 7. The van der Waals surface area contributed by atoms with Crippen molar-refractivity contribution in [1.82, 2.24) is 34.9 Å². The molecule has 0 radical (unpaired) electrons. The van der Waals surface area contributed by atoms with Crippen molar-refractivity contribution in [2.24, 2.45) is 0 Å². The number of pyridine rings is 1. The Morgan fingerprint density at radius 2 is 0.570 bits per heavy atom. The molecule has 0 amide bonds. The summed E-state index contributed by atoms with van der Waals surface area (Å²) in [5.74, 6) is 6.62. The highest BCUT2D eigenvalue weighted by Gasteiger charge is 2.53. The molecule has 9 nitrogen and oxygen atoms in total. The van der Waals surface area contributed by atoms with Gasteiger partial charge in [0, 0.05) is 76.4 Å². The Bertz CT molecular complexity index is 6570. The maximum Gasteiger partial charge on any atom is 0.182 e. The minimum atomic E-state index is -0.685. The molecule has 0 atom stereocenters. The van der Waals surface area contributed by atoms with E-state index in [1.807, 2.05) is 48.5 Å². The van der Waals surface area contributed by atoms with E-state index in [2.05, 4.69) is 296 Å². The van der Waals surface area contributed by atoms with Crippen molar-refractivity contribution < 1.29 is 9.47 Å². The Hall–Kier alpha value is -13.9. The maximum absolute atomic E-state index is 7.36. The van der Waals surface area contributed by atoms with Gasteiger partial charge in [-0.1, -0.05) is 285 Å². The first-order valence-electron chi connectivity index (χ1n) is 36.0.